The van der Waals surface area contributed by atoms with E-state index in [0.717, 1.165) is 0 Å². The van der Waals surface area contributed by atoms with Crippen LogP contribution in [0.25, 0.3) is 0 Å². The van der Waals surface area contributed by atoms with E-state index in [0.29, 0.717) is 6.07 Å². The number of halogens is 16. The van der Waals surface area contributed by atoms with Crippen LogP contribution in [0.4, 0.5) is 70.2 Å². The molecule has 0 spiro atoms. The van der Waals surface area contributed by atoms with Crippen molar-refractivity contribution < 1.29 is 94.8 Å². The number of rotatable bonds is 10. The second-order valence-corrected chi connectivity index (χ2v) is 6.75. The highest BCUT2D eigenvalue weighted by molar-refractivity contribution is 5.94. The lowest BCUT2D eigenvalue weighted by atomic mass is 9.91. The Balaban J connectivity index is 3.62. The van der Waals surface area contributed by atoms with Gasteiger partial charge in [-0.3, -0.25) is 0 Å². The van der Waals surface area contributed by atoms with Crippen molar-refractivity contribution in [3.05, 3.63) is 29.3 Å². The summed E-state index contributed by atoms with van der Waals surface area (Å²) in [6, 6.07) is 0.334. The zero-order chi connectivity index (χ0) is 29.8. The third-order valence-electron chi connectivity index (χ3n) is 4.33. The maximum atomic E-state index is 13.9. The number of carboxylic acids is 2. The Morgan fingerprint density at radius 3 is 1.43 bits per heavy atom. The van der Waals surface area contributed by atoms with Gasteiger partial charge in [-0.1, -0.05) is 0 Å². The fourth-order valence-corrected chi connectivity index (χ4v) is 2.24. The SMILES string of the molecule is O=C(O)c1ccc(C(=O)O)c(OC(F)C(F)(F)C(F)(F)C(F)(F)C(F)(F)C(F)(F)C(F)(F)C(F)(F)F)c1. The Hall–Kier alpha value is -3.16. The Morgan fingerprint density at radius 2 is 1.05 bits per heavy atom. The van der Waals surface area contributed by atoms with E-state index in [1.54, 1.807) is 0 Å². The Morgan fingerprint density at radius 1 is 0.649 bits per heavy atom. The monoisotopic (exact) mass is 582 g/mol. The van der Waals surface area contributed by atoms with Crippen molar-refractivity contribution in [3.63, 3.8) is 0 Å². The van der Waals surface area contributed by atoms with Gasteiger partial charge >= 0.3 is 60.0 Å². The molecule has 0 aliphatic rings. The van der Waals surface area contributed by atoms with Crippen LogP contribution in [-0.2, 0) is 0 Å². The van der Waals surface area contributed by atoms with E-state index in [1.165, 1.54) is 0 Å². The third kappa shape index (κ3) is 4.66. The number of hydrogen-bond acceptors (Lipinski definition) is 3. The summed E-state index contributed by atoms with van der Waals surface area (Å²) in [6.07, 6.45) is -13.3. The molecule has 1 rings (SSSR count). The van der Waals surface area contributed by atoms with Crippen LogP contribution in [0.3, 0.4) is 0 Å². The fourth-order valence-electron chi connectivity index (χ4n) is 2.24. The number of benzene rings is 1. The molecule has 5 nitrogen and oxygen atoms in total. The summed E-state index contributed by atoms with van der Waals surface area (Å²) in [5.41, 5.74) is -2.70. The van der Waals surface area contributed by atoms with Gasteiger partial charge in [-0.05, 0) is 18.2 Å². The van der Waals surface area contributed by atoms with Crippen LogP contribution in [0, 0.1) is 0 Å². The highest BCUT2D eigenvalue weighted by Crippen LogP contribution is 2.62. The molecule has 21 heteroatoms. The smallest absolute Gasteiger partial charge is 0.460 e. The Labute approximate surface area is 191 Å². The molecule has 0 aliphatic heterocycles. The lowest BCUT2D eigenvalue weighted by Gasteiger charge is -2.41. The van der Waals surface area contributed by atoms with Gasteiger partial charge in [-0.25, -0.2) is 9.59 Å². The number of aromatic carboxylic acids is 2. The topological polar surface area (TPSA) is 83.8 Å². The molecule has 1 atom stereocenters. The van der Waals surface area contributed by atoms with Gasteiger partial charge in [-0.15, -0.1) is 0 Å². The minimum absolute atomic E-state index is 0.145. The number of carboxylic acid groups (broad SMARTS) is 2. The van der Waals surface area contributed by atoms with E-state index >= 15 is 0 Å². The average molecular weight is 582 g/mol. The molecule has 0 fully saturated rings. The summed E-state index contributed by atoms with van der Waals surface area (Å²) in [4.78, 5) is 21.8. The lowest BCUT2D eigenvalue weighted by Crippen LogP contribution is -2.73. The molecule has 212 valence electrons. The summed E-state index contributed by atoms with van der Waals surface area (Å²) in [5.74, 6) is -56.1. The van der Waals surface area contributed by atoms with Gasteiger partial charge in [0, 0.05) is 0 Å². The molecule has 1 aromatic rings. The molecule has 0 aliphatic carbocycles. The van der Waals surface area contributed by atoms with E-state index in [2.05, 4.69) is 4.74 Å². The first-order valence-electron chi connectivity index (χ1n) is 8.37. The molecule has 0 amide bonds. The largest absolute Gasteiger partial charge is 0.478 e. The standard InChI is InChI=1S/C16H6F16O5/c17-9(37-6-3-4(7(33)34)1-2-5(6)8(35)36)10(18,19)11(20,21)12(22,23)13(24,25)14(26,27)15(28,29)16(30,31)32/h1-3,9H,(H,33,34)(H,35,36). The molecule has 0 saturated carbocycles. The summed E-state index contributed by atoms with van der Waals surface area (Å²) in [7, 11) is 0. The zero-order valence-electron chi connectivity index (χ0n) is 16.5. The summed E-state index contributed by atoms with van der Waals surface area (Å²) in [5, 5.41) is 17.5. The molecular weight excluding hydrogens is 576 g/mol. The van der Waals surface area contributed by atoms with Gasteiger partial charge in [0.2, 0.25) is 0 Å². The third-order valence-corrected chi connectivity index (χ3v) is 4.33. The molecule has 1 unspecified atom stereocenters. The first kappa shape index (κ1) is 31.9. The minimum Gasteiger partial charge on any atom is -0.478 e. The number of carbonyl (C=O) groups is 2. The van der Waals surface area contributed by atoms with Crippen LogP contribution in [0.5, 0.6) is 5.75 Å². The maximum Gasteiger partial charge on any atom is 0.460 e. The van der Waals surface area contributed by atoms with Crippen LogP contribution in [0.2, 0.25) is 0 Å². The van der Waals surface area contributed by atoms with Crippen molar-refractivity contribution in [2.24, 2.45) is 0 Å². The van der Waals surface area contributed by atoms with Gasteiger partial charge < -0.3 is 14.9 Å². The van der Waals surface area contributed by atoms with Crippen molar-refractivity contribution in [2.75, 3.05) is 0 Å². The fraction of sp³-hybridized carbons (Fsp3) is 0.500. The van der Waals surface area contributed by atoms with Crippen LogP contribution >= 0.6 is 0 Å². The van der Waals surface area contributed by atoms with Crippen LogP contribution < -0.4 is 4.74 Å². The molecule has 1 aromatic carbocycles. The molecule has 0 aromatic heterocycles. The molecule has 37 heavy (non-hydrogen) atoms. The maximum absolute atomic E-state index is 13.9. The number of ether oxygens (including phenoxy) is 1. The normalized spacial score (nSPS) is 15.4. The van der Waals surface area contributed by atoms with E-state index < -0.39 is 76.9 Å². The molecule has 0 heterocycles. The van der Waals surface area contributed by atoms with Crippen molar-refractivity contribution in [3.8, 4) is 5.75 Å². The highest BCUT2D eigenvalue weighted by atomic mass is 19.4. The van der Waals surface area contributed by atoms with Crippen molar-refractivity contribution >= 4 is 11.9 Å². The molecule has 0 radical (unpaired) electrons. The van der Waals surface area contributed by atoms with Gasteiger partial charge in [0.15, 0.2) is 0 Å². The van der Waals surface area contributed by atoms with Gasteiger partial charge in [-0.2, -0.15) is 70.2 Å². The minimum atomic E-state index is -8.67. The summed E-state index contributed by atoms with van der Waals surface area (Å²) in [6.45, 7) is 0. The van der Waals surface area contributed by atoms with Gasteiger partial charge in [0.05, 0.1) is 5.56 Å². The molecule has 0 bridgehead atoms. The Bertz CT molecular complexity index is 1050. The number of hydrogen-bond donors (Lipinski definition) is 2. The van der Waals surface area contributed by atoms with Crippen molar-refractivity contribution in [1.82, 2.24) is 0 Å². The second kappa shape index (κ2) is 8.99. The van der Waals surface area contributed by atoms with Crippen LogP contribution in [0.1, 0.15) is 20.7 Å². The summed E-state index contributed by atoms with van der Waals surface area (Å²) >= 11 is 0. The molecule has 2 N–H and O–H groups in total. The zero-order valence-corrected chi connectivity index (χ0v) is 16.5. The second-order valence-electron chi connectivity index (χ2n) is 6.75. The summed E-state index contributed by atoms with van der Waals surface area (Å²) < 4.78 is 214. The quantitative estimate of drug-likeness (QED) is 0.325. The molecular formula is C16H6F16O5. The van der Waals surface area contributed by atoms with Crippen LogP contribution in [-0.4, -0.2) is 70.2 Å². The lowest BCUT2D eigenvalue weighted by molar-refractivity contribution is -0.457. The average Bonchev–Trinajstić information content (AvgIpc) is 2.71. The van der Waals surface area contributed by atoms with Crippen molar-refractivity contribution in [2.45, 2.75) is 48.1 Å². The first-order valence-corrected chi connectivity index (χ1v) is 8.37. The number of alkyl halides is 16. The van der Waals surface area contributed by atoms with E-state index in [-0.39, 0.29) is 12.1 Å². The highest BCUT2D eigenvalue weighted by Gasteiger charge is 2.94. The van der Waals surface area contributed by atoms with Crippen LogP contribution in [0.15, 0.2) is 18.2 Å². The predicted molar refractivity (Wildman–Crippen MR) is 81.6 cm³/mol. The van der Waals surface area contributed by atoms with E-state index in [9.17, 15) is 79.8 Å². The molecule has 0 saturated heterocycles. The van der Waals surface area contributed by atoms with E-state index in [4.69, 9.17) is 10.2 Å². The van der Waals surface area contributed by atoms with E-state index in [1.807, 2.05) is 0 Å². The van der Waals surface area contributed by atoms with Gasteiger partial charge in [0.25, 0.3) is 0 Å². The Kier molecular flexibility index (Phi) is 7.75. The van der Waals surface area contributed by atoms with Crippen molar-refractivity contribution in [1.29, 1.82) is 0 Å². The van der Waals surface area contributed by atoms with Gasteiger partial charge in [0.1, 0.15) is 11.3 Å². The first-order chi connectivity index (χ1) is 16.1. The predicted octanol–water partition coefficient (Wildman–Crippen LogP) is 6.13.